The first-order valence-electron chi connectivity index (χ1n) is 4.09. The van der Waals surface area contributed by atoms with E-state index in [1.54, 1.807) is 6.07 Å². The van der Waals surface area contributed by atoms with Crippen molar-refractivity contribution >= 4 is 11.6 Å². The predicted molar refractivity (Wildman–Crippen MR) is 55.7 cm³/mol. The number of benzene rings is 2. The molecule has 0 atom stereocenters. The summed E-state index contributed by atoms with van der Waals surface area (Å²) >= 11 is 6.03. The lowest BCUT2D eigenvalue weighted by molar-refractivity contribution is 1.61. The molecule has 2 aromatic rings. The maximum Gasteiger partial charge on any atom is 0.0490 e. The molecule has 0 heterocycles. The highest BCUT2D eigenvalue weighted by atomic mass is 35.5. The van der Waals surface area contributed by atoms with Gasteiger partial charge in [0.2, 0.25) is 0 Å². The zero-order chi connectivity index (χ0) is 9.10. The number of rotatable bonds is 1. The molecule has 0 fully saturated rings. The Morgan fingerprint density at radius 3 is 2.46 bits per heavy atom. The molecule has 13 heavy (non-hydrogen) atoms. The highest BCUT2D eigenvalue weighted by molar-refractivity contribution is 6.33. The van der Waals surface area contributed by atoms with Crippen LogP contribution in [0.1, 0.15) is 0 Å². The van der Waals surface area contributed by atoms with Crippen LogP contribution in [0.15, 0.2) is 48.5 Å². The summed E-state index contributed by atoms with van der Waals surface area (Å²) in [6.07, 6.45) is 0. The largest absolute Gasteiger partial charge is 0.0836 e. The third kappa shape index (κ3) is 1.73. The Morgan fingerprint density at radius 1 is 1.00 bits per heavy atom. The summed E-state index contributed by atoms with van der Waals surface area (Å²) in [5, 5.41) is 0.744. The van der Waals surface area contributed by atoms with Crippen LogP contribution in [0.2, 0.25) is 5.02 Å². The second-order valence-corrected chi connectivity index (χ2v) is 3.18. The van der Waals surface area contributed by atoms with Crippen LogP contribution in [0.4, 0.5) is 0 Å². The van der Waals surface area contributed by atoms with Crippen molar-refractivity contribution in [1.82, 2.24) is 0 Å². The molecule has 0 amide bonds. The van der Waals surface area contributed by atoms with Gasteiger partial charge in [-0.25, -0.2) is 0 Å². The summed E-state index contributed by atoms with van der Waals surface area (Å²) in [5.41, 5.74) is 2.20. The van der Waals surface area contributed by atoms with Gasteiger partial charge in [0, 0.05) is 10.6 Å². The molecule has 0 bridgehead atoms. The monoisotopic (exact) mass is 187 g/mol. The van der Waals surface area contributed by atoms with Crippen molar-refractivity contribution in [3.63, 3.8) is 0 Å². The van der Waals surface area contributed by atoms with Gasteiger partial charge in [0.25, 0.3) is 0 Å². The van der Waals surface area contributed by atoms with Gasteiger partial charge in [-0.3, -0.25) is 0 Å². The van der Waals surface area contributed by atoms with Crippen LogP contribution >= 0.6 is 11.6 Å². The fourth-order valence-corrected chi connectivity index (χ4v) is 1.50. The van der Waals surface area contributed by atoms with Gasteiger partial charge in [0.15, 0.2) is 0 Å². The first-order chi connectivity index (χ1) is 6.38. The van der Waals surface area contributed by atoms with E-state index in [4.69, 9.17) is 11.6 Å². The Labute approximate surface area is 82.8 Å². The lowest BCUT2D eigenvalue weighted by Crippen LogP contribution is -1.77. The van der Waals surface area contributed by atoms with Gasteiger partial charge in [-0.05, 0) is 17.7 Å². The van der Waals surface area contributed by atoms with Gasteiger partial charge in [-0.15, -0.1) is 0 Å². The zero-order valence-corrected chi connectivity index (χ0v) is 7.75. The Hall–Kier alpha value is -1.27. The number of hydrogen-bond acceptors (Lipinski definition) is 0. The average molecular weight is 188 g/mol. The molecule has 0 nitrogen and oxygen atoms in total. The normalized spacial score (nSPS) is 9.92. The highest BCUT2D eigenvalue weighted by Gasteiger charge is 1.99. The fourth-order valence-electron chi connectivity index (χ4n) is 1.26. The lowest BCUT2D eigenvalue weighted by atomic mass is 10.1. The zero-order valence-electron chi connectivity index (χ0n) is 7.00. The molecule has 0 saturated heterocycles. The first kappa shape index (κ1) is 8.33. The molecule has 2 aromatic carbocycles. The minimum absolute atomic E-state index is 0.744. The smallest absolute Gasteiger partial charge is 0.0490 e. The Kier molecular flexibility index (Phi) is 2.33. The second-order valence-electron chi connectivity index (χ2n) is 2.77. The van der Waals surface area contributed by atoms with Crippen molar-refractivity contribution in [2.45, 2.75) is 0 Å². The molecule has 0 aliphatic heterocycles. The topological polar surface area (TPSA) is 0 Å². The number of halogens is 1. The van der Waals surface area contributed by atoms with Crippen LogP contribution < -0.4 is 0 Å². The lowest BCUT2D eigenvalue weighted by Gasteiger charge is -2.02. The second kappa shape index (κ2) is 3.63. The third-order valence-electron chi connectivity index (χ3n) is 1.90. The van der Waals surface area contributed by atoms with Gasteiger partial charge >= 0.3 is 0 Å². The standard InChI is InChI=1S/C12H8Cl/c13-12-9-5-4-8-11(12)10-6-2-1-3-7-10/h1-4,6-9H. The van der Waals surface area contributed by atoms with Crippen molar-refractivity contribution in [3.8, 4) is 11.1 Å². The molecule has 0 saturated carbocycles. The SMILES string of the molecule is Clc1c[c]ccc1-c1ccccc1. The minimum atomic E-state index is 0.744. The summed E-state index contributed by atoms with van der Waals surface area (Å²) < 4.78 is 0. The first-order valence-corrected chi connectivity index (χ1v) is 4.47. The minimum Gasteiger partial charge on any atom is -0.0836 e. The van der Waals surface area contributed by atoms with E-state index >= 15 is 0 Å². The summed E-state index contributed by atoms with van der Waals surface area (Å²) in [6, 6.07) is 18.6. The van der Waals surface area contributed by atoms with Crippen LogP contribution in [0, 0.1) is 6.07 Å². The molecule has 1 heteroatoms. The molecule has 1 radical (unpaired) electrons. The van der Waals surface area contributed by atoms with E-state index in [0.29, 0.717) is 0 Å². The molecule has 0 aliphatic carbocycles. The molecule has 0 aromatic heterocycles. The van der Waals surface area contributed by atoms with Crippen molar-refractivity contribution in [2.24, 2.45) is 0 Å². The van der Waals surface area contributed by atoms with Crippen LogP contribution in [0.3, 0.4) is 0 Å². The molecule has 0 N–H and O–H groups in total. The molecular weight excluding hydrogens is 180 g/mol. The Bertz CT molecular complexity index is 393. The quantitative estimate of drug-likeness (QED) is 0.637. The van der Waals surface area contributed by atoms with Gasteiger partial charge in [0.1, 0.15) is 0 Å². The van der Waals surface area contributed by atoms with Crippen molar-refractivity contribution < 1.29 is 0 Å². The molecule has 0 unspecified atom stereocenters. The van der Waals surface area contributed by atoms with Gasteiger partial charge < -0.3 is 0 Å². The third-order valence-corrected chi connectivity index (χ3v) is 2.21. The molecular formula is C12H8Cl. The van der Waals surface area contributed by atoms with Crippen LogP contribution in [0.25, 0.3) is 11.1 Å². The predicted octanol–water partition coefficient (Wildman–Crippen LogP) is 3.81. The van der Waals surface area contributed by atoms with E-state index in [0.717, 1.165) is 16.1 Å². The van der Waals surface area contributed by atoms with E-state index in [-0.39, 0.29) is 0 Å². The Morgan fingerprint density at radius 2 is 1.77 bits per heavy atom. The van der Waals surface area contributed by atoms with Crippen LogP contribution in [-0.4, -0.2) is 0 Å². The van der Waals surface area contributed by atoms with E-state index in [9.17, 15) is 0 Å². The molecule has 0 aliphatic rings. The van der Waals surface area contributed by atoms with Crippen molar-refractivity contribution in [3.05, 3.63) is 59.6 Å². The van der Waals surface area contributed by atoms with Crippen LogP contribution in [-0.2, 0) is 0 Å². The van der Waals surface area contributed by atoms with Gasteiger partial charge in [0.05, 0.1) is 0 Å². The summed E-state index contributed by atoms with van der Waals surface area (Å²) in [7, 11) is 0. The maximum absolute atomic E-state index is 6.03. The van der Waals surface area contributed by atoms with Gasteiger partial charge in [-0.2, -0.15) is 0 Å². The average Bonchev–Trinajstić information content (AvgIpc) is 2.20. The van der Waals surface area contributed by atoms with E-state index in [2.05, 4.69) is 6.07 Å². The molecule has 63 valence electrons. The summed E-state index contributed by atoms with van der Waals surface area (Å²) in [5.74, 6) is 0. The fraction of sp³-hybridized carbons (Fsp3) is 0. The van der Waals surface area contributed by atoms with Crippen molar-refractivity contribution in [1.29, 1.82) is 0 Å². The number of hydrogen-bond donors (Lipinski definition) is 0. The Balaban J connectivity index is 2.54. The van der Waals surface area contributed by atoms with E-state index in [1.165, 1.54) is 0 Å². The highest BCUT2D eigenvalue weighted by Crippen LogP contribution is 2.26. The van der Waals surface area contributed by atoms with Crippen molar-refractivity contribution in [2.75, 3.05) is 0 Å². The van der Waals surface area contributed by atoms with E-state index in [1.807, 2.05) is 42.5 Å². The van der Waals surface area contributed by atoms with Crippen LogP contribution in [0.5, 0.6) is 0 Å². The summed E-state index contributed by atoms with van der Waals surface area (Å²) in [6.45, 7) is 0. The summed E-state index contributed by atoms with van der Waals surface area (Å²) in [4.78, 5) is 0. The molecule has 0 spiro atoms. The molecule has 2 rings (SSSR count). The maximum atomic E-state index is 6.03. The van der Waals surface area contributed by atoms with E-state index < -0.39 is 0 Å². The van der Waals surface area contributed by atoms with Gasteiger partial charge in [-0.1, -0.05) is 54.1 Å².